The largest absolute Gasteiger partial charge is 0.481 e. The molecule has 0 aliphatic heterocycles. The molecule has 0 fully saturated rings. The van der Waals surface area contributed by atoms with Gasteiger partial charge >= 0.3 is 5.97 Å². The molecule has 1 atom stereocenters. The number of rotatable bonds is 2. The SMILES string of the molecule is CCC1(C(=O)O)CC=CCC1. The number of carboxylic acids is 1. The van der Waals surface area contributed by atoms with E-state index in [0.29, 0.717) is 6.42 Å². The second-order valence-corrected chi connectivity index (χ2v) is 3.15. The van der Waals surface area contributed by atoms with E-state index in [4.69, 9.17) is 5.11 Å². The van der Waals surface area contributed by atoms with Crippen LogP contribution in [0, 0.1) is 5.41 Å². The normalized spacial score (nSPS) is 30.3. The number of allylic oxidation sites excluding steroid dienone is 2. The van der Waals surface area contributed by atoms with Gasteiger partial charge in [-0.25, -0.2) is 0 Å². The van der Waals surface area contributed by atoms with Crippen LogP contribution in [0.25, 0.3) is 0 Å². The summed E-state index contributed by atoms with van der Waals surface area (Å²) in [5, 5.41) is 8.95. The molecule has 0 aromatic carbocycles. The van der Waals surface area contributed by atoms with E-state index in [9.17, 15) is 4.79 Å². The van der Waals surface area contributed by atoms with Crippen LogP contribution in [0.5, 0.6) is 0 Å². The van der Waals surface area contributed by atoms with Crippen molar-refractivity contribution in [1.82, 2.24) is 0 Å². The quantitative estimate of drug-likeness (QED) is 0.619. The zero-order valence-electron chi connectivity index (χ0n) is 6.84. The zero-order valence-corrected chi connectivity index (χ0v) is 6.84. The monoisotopic (exact) mass is 154 g/mol. The first-order chi connectivity index (χ1) is 5.21. The van der Waals surface area contributed by atoms with Crippen molar-refractivity contribution in [3.05, 3.63) is 12.2 Å². The number of hydrogen-bond donors (Lipinski definition) is 1. The van der Waals surface area contributed by atoms with Gasteiger partial charge in [-0.1, -0.05) is 19.1 Å². The van der Waals surface area contributed by atoms with Crippen LogP contribution in [0.4, 0.5) is 0 Å². The zero-order chi connectivity index (χ0) is 8.32. The van der Waals surface area contributed by atoms with Gasteiger partial charge in [0.25, 0.3) is 0 Å². The van der Waals surface area contributed by atoms with Gasteiger partial charge in [0.1, 0.15) is 0 Å². The van der Waals surface area contributed by atoms with E-state index in [1.54, 1.807) is 0 Å². The fourth-order valence-electron chi connectivity index (χ4n) is 1.56. The number of hydrogen-bond acceptors (Lipinski definition) is 1. The molecule has 1 rings (SSSR count). The topological polar surface area (TPSA) is 37.3 Å². The van der Waals surface area contributed by atoms with Gasteiger partial charge in [0.05, 0.1) is 5.41 Å². The molecule has 2 heteroatoms. The van der Waals surface area contributed by atoms with E-state index < -0.39 is 11.4 Å². The minimum atomic E-state index is -0.635. The predicted molar refractivity (Wildman–Crippen MR) is 43.4 cm³/mol. The summed E-state index contributed by atoms with van der Waals surface area (Å²) in [6, 6.07) is 0. The van der Waals surface area contributed by atoms with Gasteiger partial charge < -0.3 is 5.11 Å². The molecule has 0 amide bonds. The molecule has 1 unspecified atom stereocenters. The number of carbonyl (C=O) groups is 1. The van der Waals surface area contributed by atoms with Crippen molar-refractivity contribution in [1.29, 1.82) is 0 Å². The van der Waals surface area contributed by atoms with Crippen molar-refractivity contribution in [3.63, 3.8) is 0 Å². The molecule has 0 saturated heterocycles. The maximum Gasteiger partial charge on any atom is 0.309 e. The summed E-state index contributed by atoms with van der Waals surface area (Å²) in [6.45, 7) is 1.95. The molecule has 1 aliphatic carbocycles. The van der Waals surface area contributed by atoms with Gasteiger partial charge in [0.15, 0.2) is 0 Å². The highest BCUT2D eigenvalue weighted by atomic mass is 16.4. The van der Waals surface area contributed by atoms with Gasteiger partial charge in [-0.3, -0.25) is 4.79 Å². The molecule has 1 aliphatic rings. The van der Waals surface area contributed by atoms with Gasteiger partial charge in [-0.2, -0.15) is 0 Å². The Kier molecular flexibility index (Phi) is 2.32. The molecule has 0 aromatic rings. The Bertz CT molecular complexity index is 184. The van der Waals surface area contributed by atoms with Crippen LogP contribution < -0.4 is 0 Å². The summed E-state index contributed by atoms with van der Waals surface area (Å²) in [5.74, 6) is -0.635. The molecule has 0 saturated carbocycles. The van der Waals surface area contributed by atoms with E-state index in [-0.39, 0.29) is 0 Å². The molecule has 1 N–H and O–H groups in total. The van der Waals surface area contributed by atoms with Crippen molar-refractivity contribution < 1.29 is 9.90 Å². The summed E-state index contributed by atoms with van der Waals surface area (Å²) in [6.07, 6.45) is 7.22. The Morgan fingerprint density at radius 3 is 2.64 bits per heavy atom. The summed E-state index contributed by atoms with van der Waals surface area (Å²) in [7, 11) is 0. The van der Waals surface area contributed by atoms with Crippen molar-refractivity contribution in [2.24, 2.45) is 5.41 Å². The average Bonchev–Trinajstić information content (AvgIpc) is 2.05. The van der Waals surface area contributed by atoms with Crippen molar-refractivity contribution >= 4 is 5.97 Å². The predicted octanol–water partition coefficient (Wildman–Crippen LogP) is 2.21. The molecular formula is C9H14O2. The molecule has 62 valence electrons. The lowest BCUT2D eigenvalue weighted by molar-refractivity contribution is -0.149. The Morgan fingerprint density at radius 2 is 2.36 bits per heavy atom. The molecule has 0 bridgehead atoms. The van der Waals surface area contributed by atoms with E-state index >= 15 is 0 Å². The van der Waals surface area contributed by atoms with E-state index in [1.807, 2.05) is 13.0 Å². The van der Waals surface area contributed by atoms with Gasteiger partial charge in [-0.05, 0) is 25.7 Å². The Morgan fingerprint density at radius 1 is 1.64 bits per heavy atom. The van der Waals surface area contributed by atoms with Crippen LogP contribution in [-0.4, -0.2) is 11.1 Å². The Labute approximate surface area is 66.9 Å². The molecular weight excluding hydrogens is 140 g/mol. The maximum atomic E-state index is 10.9. The van der Waals surface area contributed by atoms with Crippen LogP contribution in [0.1, 0.15) is 32.6 Å². The number of aliphatic carboxylic acids is 1. The minimum absolute atomic E-state index is 0.450. The third-order valence-corrected chi connectivity index (χ3v) is 2.60. The third-order valence-electron chi connectivity index (χ3n) is 2.60. The van der Waals surface area contributed by atoms with Gasteiger partial charge in [0, 0.05) is 0 Å². The van der Waals surface area contributed by atoms with E-state index in [1.165, 1.54) is 0 Å². The average molecular weight is 154 g/mol. The number of carboxylic acid groups (broad SMARTS) is 1. The second-order valence-electron chi connectivity index (χ2n) is 3.15. The van der Waals surface area contributed by atoms with Crippen molar-refractivity contribution in [3.8, 4) is 0 Å². The molecule has 0 aromatic heterocycles. The molecule has 0 radical (unpaired) electrons. The summed E-state index contributed by atoms with van der Waals surface area (Å²) in [4.78, 5) is 10.9. The first-order valence-corrected chi connectivity index (χ1v) is 4.10. The molecule has 2 nitrogen and oxygen atoms in total. The summed E-state index contributed by atoms with van der Waals surface area (Å²) in [5.41, 5.74) is -0.450. The molecule has 11 heavy (non-hydrogen) atoms. The van der Waals surface area contributed by atoms with E-state index in [0.717, 1.165) is 19.3 Å². The Hall–Kier alpha value is -0.790. The van der Waals surface area contributed by atoms with Gasteiger partial charge in [0.2, 0.25) is 0 Å². The van der Waals surface area contributed by atoms with Crippen molar-refractivity contribution in [2.45, 2.75) is 32.6 Å². The highest BCUT2D eigenvalue weighted by molar-refractivity contribution is 5.75. The lowest BCUT2D eigenvalue weighted by atomic mass is 9.75. The maximum absolute atomic E-state index is 10.9. The highest BCUT2D eigenvalue weighted by Gasteiger charge is 2.35. The van der Waals surface area contributed by atoms with E-state index in [2.05, 4.69) is 6.08 Å². The Balaban J connectivity index is 2.75. The summed E-state index contributed by atoms with van der Waals surface area (Å²) >= 11 is 0. The lowest BCUT2D eigenvalue weighted by Crippen LogP contribution is -2.30. The smallest absolute Gasteiger partial charge is 0.309 e. The summed E-state index contributed by atoms with van der Waals surface area (Å²) < 4.78 is 0. The van der Waals surface area contributed by atoms with Crippen molar-refractivity contribution in [2.75, 3.05) is 0 Å². The fraction of sp³-hybridized carbons (Fsp3) is 0.667. The van der Waals surface area contributed by atoms with Crippen LogP contribution in [-0.2, 0) is 4.79 Å². The lowest BCUT2D eigenvalue weighted by Gasteiger charge is -2.28. The third kappa shape index (κ3) is 1.44. The first kappa shape index (κ1) is 8.31. The standard InChI is InChI=1S/C9H14O2/c1-2-9(8(10)11)6-4-3-5-7-9/h3-4H,2,5-7H2,1H3,(H,10,11). The van der Waals surface area contributed by atoms with Crippen LogP contribution in [0.2, 0.25) is 0 Å². The highest BCUT2D eigenvalue weighted by Crippen LogP contribution is 2.35. The molecule has 0 spiro atoms. The van der Waals surface area contributed by atoms with Crippen LogP contribution >= 0.6 is 0 Å². The molecule has 0 heterocycles. The van der Waals surface area contributed by atoms with Crippen LogP contribution in [0.15, 0.2) is 12.2 Å². The van der Waals surface area contributed by atoms with Crippen LogP contribution in [0.3, 0.4) is 0 Å². The first-order valence-electron chi connectivity index (χ1n) is 4.10. The minimum Gasteiger partial charge on any atom is -0.481 e. The fourth-order valence-corrected chi connectivity index (χ4v) is 1.56. The second kappa shape index (κ2) is 3.07. The van der Waals surface area contributed by atoms with Gasteiger partial charge in [-0.15, -0.1) is 0 Å².